The van der Waals surface area contributed by atoms with Crippen LogP contribution in [0.4, 0.5) is 0 Å². The quantitative estimate of drug-likeness (QED) is 0.663. The molecule has 0 spiro atoms. The zero-order valence-corrected chi connectivity index (χ0v) is 7.52. The lowest BCUT2D eigenvalue weighted by Crippen LogP contribution is -1.93. The lowest BCUT2D eigenvalue weighted by atomic mass is 10.2. The molecule has 4 nitrogen and oxygen atoms in total. The van der Waals surface area contributed by atoms with Gasteiger partial charge in [0.2, 0.25) is 0 Å². The van der Waals surface area contributed by atoms with Gasteiger partial charge in [-0.2, -0.15) is 0 Å². The second-order valence-electron chi connectivity index (χ2n) is 3.01. The summed E-state index contributed by atoms with van der Waals surface area (Å²) in [5.74, 6) is 0. The highest BCUT2D eigenvalue weighted by atomic mass is 16.3. The molecule has 0 saturated heterocycles. The van der Waals surface area contributed by atoms with Gasteiger partial charge >= 0.3 is 0 Å². The number of aryl methyl sites for hydroxylation is 1. The lowest BCUT2D eigenvalue weighted by Gasteiger charge is -1.99. The summed E-state index contributed by atoms with van der Waals surface area (Å²) in [5.41, 5.74) is 1.65. The van der Waals surface area contributed by atoms with Gasteiger partial charge in [-0.05, 0) is 13.8 Å². The van der Waals surface area contributed by atoms with E-state index in [0.717, 1.165) is 5.57 Å². The van der Waals surface area contributed by atoms with E-state index < -0.39 is 6.10 Å². The molecule has 1 heterocycles. The van der Waals surface area contributed by atoms with E-state index >= 15 is 0 Å². The van der Waals surface area contributed by atoms with Crippen molar-refractivity contribution in [3.8, 4) is 0 Å². The zero-order valence-electron chi connectivity index (χ0n) is 7.52. The van der Waals surface area contributed by atoms with Crippen molar-refractivity contribution in [1.82, 2.24) is 15.0 Å². The number of nitrogens with zero attached hydrogens (tertiary/aromatic N) is 3. The van der Waals surface area contributed by atoms with Crippen LogP contribution in [-0.2, 0) is 7.05 Å². The summed E-state index contributed by atoms with van der Waals surface area (Å²) < 4.78 is 1.57. The maximum absolute atomic E-state index is 9.51. The van der Waals surface area contributed by atoms with Crippen LogP contribution in [0.2, 0.25) is 0 Å². The number of hydrogen-bond acceptors (Lipinski definition) is 3. The first-order chi connectivity index (χ1) is 5.59. The molecule has 1 aromatic heterocycles. The SMILES string of the molecule is CC(C)=CC(O)c1cn(C)nn1. The molecule has 4 heteroatoms. The van der Waals surface area contributed by atoms with Crippen LogP contribution in [0.15, 0.2) is 17.8 Å². The standard InChI is InChI=1S/C8H13N3O/c1-6(2)4-8(12)7-5-11(3)10-9-7/h4-5,8,12H,1-3H3. The second-order valence-corrected chi connectivity index (χ2v) is 3.01. The van der Waals surface area contributed by atoms with Crippen LogP contribution in [-0.4, -0.2) is 20.1 Å². The number of aromatic nitrogens is 3. The Morgan fingerprint density at radius 3 is 2.75 bits per heavy atom. The Hall–Kier alpha value is -1.16. The second kappa shape index (κ2) is 3.49. The summed E-state index contributed by atoms with van der Waals surface area (Å²) in [4.78, 5) is 0. The van der Waals surface area contributed by atoms with Crippen molar-refractivity contribution >= 4 is 0 Å². The molecular weight excluding hydrogens is 154 g/mol. The highest BCUT2D eigenvalue weighted by molar-refractivity contribution is 5.09. The van der Waals surface area contributed by atoms with Gasteiger partial charge in [0.25, 0.3) is 0 Å². The van der Waals surface area contributed by atoms with E-state index in [9.17, 15) is 5.11 Å². The predicted octanol–water partition coefficient (Wildman–Crippen LogP) is 0.815. The van der Waals surface area contributed by atoms with Gasteiger partial charge in [0.1, 0.15) is 11.8 Å². The molecule has 0 aliphatic heterocycles. The van der Waals surface area contributed by atoms with Crippen molar-refractivity contribution in [2.75, 3.05) is 0 Å². The molecular formula is C8H13N3O. The van der Waals surface area contributed by atoms with E-state index in [1.165, 1.54) is 0 Å². The summed E-state index contributed by atoms with van der Waals surface area (Å²) in [6.07, 6.45) is 2.80. The molecule has 66 valence electrons. The van der Waals surface area contributed by atoms with Crippen molar-refractivity contribution in [3.63, 3.8) is 0 Å². The topological polar surface area (TPSA) is 50.9 Å². The molecule has 0 bridgehead atoms. The first kappa shape index (κ1) is 8.93. The van der Waals surface area contributed by atoms with Crippen LogP contribution in [0.3, 0.4) is 0 Å². The minimum Gasteiger partial charge on any atom is -0.383 e. The van der Waals surface area contributed by atoms with E-state index in [4.69, 9.17) is 0 Å². The first-order valence-corrected chi connectivity index (χ1v) is 3.79. The third-order valence-electron chi connectivity index (χ3n) is 1.41. The number of aliphatic hydroxyl groups is 1. The molecule has 0 saturated carbocycles. The van der Waals surface area contributed by atoms with E-state index in [-0.39, 0.29) is 0 Å². The predicted molar refractivity (Wildman–Crippen MR) is 45.4 cm³/mol. The monoisotopic (exact) mass is 167 g/mol. The van der Waals surface area contributed by atoms with Crippen LogP contribution in [0.5, 0.6) is 0 Å². The van der Waals surface area contributed by atoms with Crippen LogP contribution < -0.4 is 0 Å². The number of aliphatic hydroxyl groups excluding tert-OH is 1. The minimum absolute atomic E-state index is 0.582. The molecule has 0 aliphatic rings. The van der Waals surface area contributed by atoms with Gasteiger partial charge in [-0.25, -0.2) is 0 Å². The normalized spacial score (nSPS) is 12.7. The fourth-order valence-electron chi connectivity index (χ4n) is 0.902. The maximum Gasteiger partial charge on any atom is 0.118 e. The van der Waals surface area contributed by atoms with Gasteiger partial charge < -0.3 is 5.11 Å². The summed E-state index contributed by atoms with van der Waals surface area (Å²) in [5, 5.41) is 17.0. The molecule has 0 amide bonds. The zero-order chi connectivity index (χ0) is 9.14. The third kappa shape index (κ3) is 2.17. The smallest absolute Gasteiger partial charge is 0.118 e. The Balaban J connectivity index is 2.78. The van der Waals surface area contributed by atoms with Crippen LogP contribution >= 0.6 is 0 Å². The van der Waals surface area contributed by atoms with E-state index in [0.29, 0.717) is 5.69 Å². The molecule has 12 heavy (non-hydrogen) atoms. The lowest BCUT2D eigenvalue weighted by molar-refractivity contribution is 0.222. The van der Waals surface area contributed by atoms with Gasteiger partial charge in [0.15, 0.2) is 0 Å². The van der Waals surface area contributed by atoms with E-state index in [1.807, 2.05) is 13.8 Å². The van der Waals surface area contributed by atoms with Gasteiger partial charge in [-0.1, -0.05) is 16.9 Å². The Morgan fingerprint density at radius 1 is 1.67 bits per heavy atom. The summed E-state index contributed by atoms with van der Waals surface area (Å²) in [6.45, 7) is 3.86. The van der Waals surface area contributed by atoms with Crippen molar-refractivity contribution in [1.29, 1.82) is 0 Å². The van der Waals surface area contributed by atoms with Crippen LogP contribution in [0.1, 0.15) is 25.6 Å². The molecule has 1 aromatic rings. The molecule has 1 unspecified atom stereocenters. The average Bonchev–Trinajstić information content (AvgIpc) is 2.34. The van der Waals surface area contributed by atoms with E-state index in [2.05, 4.69) is 10.3 Å². The largest absolute Gasteiger partial charge is 0.383 e. The van der Waals surface area contributed by atoms with Crippen molar-refractivity contribution in [2.24, 2.45) is 7.05 Å². The molecule has 0 fully saturated rings. The molecule has 0 radical (unpaired) electrons. The molecule has 1 atom stereocenters. The van der Waals surface area contributed by atoms with Gasteiger partial charge in [-0.3, -0.25) is 4.68 Å². The summed E-state index contributed by atoms with van der Waals surface area (Å²) >= 11 is 0. The molecule has 0 aromatic carbocycles. The first-order valence-electron chi connectivity index (χ1n) is 3.79. The fourth-order valence-corrected chi connectivity index (χ4v) is 0.902. The Kier molecular flexibility index (Phi) is 2.60. The van der Waals surface area contributed by atoms with Crippen LogP contribution in [0.25, 0.3) is 0 Å². The van der Waals surface area contributed by atoms with Gasteiger partial charge in [-0.15, -0.1) is 5.10 Å². The number of rotatable bonds is 2. The fraction of sp³-hybridized carbons (Fsp3) is 0.500. The third-order valence-corrected chi connectivity index (χ3v) is 1.41. The van der Waals surface area contributed by atoms with Crippen LogP contribution in [0, 0.1) is 0 Å². The molecule has 1 rings (SSSR count). The average molecular weight is 167 g/mol. The number of hydrogen-bond donors (Lipinski definition) is 1. The highest BCUT2D eigenvalue weighted by Gasteiger charge is 2.07. The van der Waals surface area contributed by atoms with E-state index in [1.54, 1.807) is 24.0 Å². The van der Waals surface area contributed by atoms with Gasteiger partial charge in [0, 0.05) is 7.05 Å². The molecule has 0 aliphatic carbocycles. The molecule has 1 N–H and O–H groups in total. The maximum atomic E-state index is 9.51. The Labute approximate surface area is 71.5 Å². The number of allylic oxidation sites excluding steroid dienone is 1. The Bertz CT molecular complexity index is 286. The minimum atomic E-state index is -0.635. The van der Waals surface area contributed by atoms with Crippen molar-refractivity contribution < 1.29 is 5.11 Å². The highest BCUT2D eigenvalue weighted by Crippen LogP contribution is 2.11. The Morgan fingerprint density at radius 2 is 2.33 bits per heavy atom. The van der Waals surface area contributed by atoms with Crippen molar-refractivity contribution in [2.45, 2.75) is 20.0 Å². The summed E-state index contributed by atoms with van der Waals surface area (Å²) in [7, 11) is 1.77. The van der Waals surface area contributed by atoms with Gasteiger partial charge in [0.05, 0.1) is 6.20 Å². The summed E-state index contributed by atoms with van der Waals surface area (Å²) in [6, 6.07) is 0. The van der Waals surface area contributed by atoms with Crippen molar-refractivity contribution in [3.05, 3.63) is 23.5 Å².